The molecular formula is C75H146O17P2. The summed E-state index contributed by atoms with van der Waals surface area (Å²) >= 11 is 0. The van der Waals surface area contributed by atoms with E-state index in [0.29, 0.717) is 25.7 Å². The number of unbranched alkanes of at least 4 members (excludes halogenated alkanes) is 40. The van der Waals surface area contributed by atoms with Crippen LogP contribution in [0.2, 0.25) is 0 Å². The molecule has 0 heterocycles. The van der Waals surface area contributed by atoms with E-state index in [1.165, 1.54) is 180 Å². The van der Waals surface area contributed by atoms with E-state index in [0.717, 1.165) is 120 Å². The molecule has 6 atom stereocenters. The summed E-state index contributed by atoms with van der Waals surface area (Å²) in [6, 6.07) is 0. The Balaban J connectivity index is 5.20. The molecule has 0 aliphatic heterocycles. The Bertz CT molecular complexity index is 1840. The highest BCUT2D eigenvalue weighted by molar-refractivity contribution is 7.47. The smallest absolute Gasteiger partial charge is 0.462 e. The van der Waals surface area contributed by atoms with Gasteiger partial charge in [0.05, 0.1) is 26.4 Å². The highest BCUT2D eigenvalue weighted by Gasteiger charge is 2.30. The van der Waals surface area contributed by atoms with Crippen molar-refractivity contribution in [3.63, 3.8) is 0 Å². The van der Waals surface area contributed by atoms with Crippen LogP contribution in [0.5, 0.6) is 0 Å². The van der Waals surface area contributed by atoms with Crippen molar-refractivity contribution in [2.75, 3.05) is 39.6 Å². The van der Waals surface area contributed by atoms with Crippen LogP contribution in [0.25, 0.3) is 0 Å². The molecule has 0 aliphatic carbocycles. The van der Waals surface area contributed by atoms with Crippen LogP contribution in [0, 0.1) is 17.8 Å². The standard InChI is InChI=1S/C75H146O17P2/c1-8-10-11-12-32-42-49-56-72(77)85-62-70(91-75(80)59-52-45-38-31-25-24-28-35-41-48-55-68(7)9-2)64-89-93(81,82)87-60-69(76)61-88-94(83,84)90-65-71(63-86-73(78)57-50-43-36-29-23-19-21-27-34-40-47-54-67(5)6)92-74(79)58-51-44-37-30-22-18-16-14-13-15-17-20-26-33-39-46-53-66(3)4/h66-71,76H,8-65H2,1-7H3,(H,81,82)(H,83,84)/t68?,69-,70+,71+/m0/s1. The van der Waals surface area contributed by atoms with Crippen molar-refractivity contribution in [3.05, 3.63) is 0 Å². The first-order valence-electron chi connectivity index (χ1n) is 38.9. The van der Waals surface area contributed by atoms with E-state index in [1.54, 1.807) is 0 Å². The molecule has 0 aromatic heterocycles. The van der Waals surface area contributed by atoms with Crippen LogP contribution in [0.4, 0.5) is 0 Å². The highest BCUT2D eigenvalue weighted by Crippen LogP contribution is 2.45. The van der Waals surface area contributed by atoms with E-state index in [2.05, 4.69) is 48.5 Å². The van der Waals surface area contributed by atoms with Crippen molar-refractivity contribution < 1.29 is 80.2 Å². The number of rotatable bonds is 73. The first-order valence-corrected chi connectivity index (χ1v) is 41.9. The number of esters is 4. The zero-order valence-corrected chi connectivity index (χ0v) is 63.2. The number of aliphatic hydroxyl groups excluding tert-OH is 1. The van der Waals surface area contributed by atoms with Gasteiger partial charge in [0.15, 0.2) is 12.2 Å². The van der Waals surface area contributed by atoms with Gasteiger partial charge in [0.25, 0.3) is 0 Å². The van der Waals surface area contributed by atoms with Crippen molar-refractivity contribution in [2.45, 2.75) is 401 Å². The van der Waals surface area contributed by atoms with Crippen LogP contribution in [0.1, 0.15) is 382 Å². The second-order valence-corrected chi connectivity index (χ2v) is 31.1. The van der Waals surface area contributed by atoms with Gasteiger partial charge in [-0.25, -0.2) is 9.13 Å². The highest BCUT2D eigenvalue weighted by atomic mass is 31.2. The average Bonchev–Trinajstić information content (AvgIpc) is 1.24. The molecule has 0 bridgehead atoms. The number of phosphoric ester groups is 2. The van der Waals surface area contributed by atoms with Gasteiger partial charge in [0.2, 0.25) is 0 Å². The van der Waals surface area contributed by atoms with Gasteiger partial charge in [-0.2, -0.15) is 0 Å². The third-order valence-electron chi connectivity index (χ3n) is 17.7. The fraction of sp³-hybridized carbons (Fsp3) is 0.947. The molecule has 0 rings (SSSR count). The molecule has 3 N–H and O–H groups in total. The summed E-state index contributed by atoms with van der Waals surface area (Å²) in [6.45, 7) is 11.9. The lowest BCUT2D eigenvalue weighted by molar-refractivity contribution is -0.161. The van der Waals surface area contributed by atoms with Crippen LogP contribution in [-0.4, -0.2) is 96.7 Å². The zero-order valence-electron chi connectivity index (χ0n) is 61.4. The molecule has 19 heteroatoms. The second kappa shape index (κ2) is 65.7. The lowest BCUT2D eigenvalue weighted by Gasteiger charge is -2.21. The van der Waals surface area contributed by atoms with Gasteiger partial charge in [0, 0.05) is 25.7 Å². The molecule has 0 saturated carbocycles. The molecule has 0 saturated heterocycles. The molecule has 0 radical (unpaired) electrons. The molecule has 558 valence electrons. The third kappa shape index (κ3) is 67.3. The number of ether oxygens (including phenoxy) is 4. The number of phosphoric acid groups is 2. The van der Waals surface area contributed by atoms with Crippen LogP contribution >= 0.6 is 15.6 Å². The predicted octanol–water partition coefficient (Wildman–Crippen LogP) is 21.8. The zero-order chi connectivity index (χ0) is 69.4. The molecule has 3 unspecified atom stereocenters. The molecule has 17 nitrogen and oxygen atoms in total. The summed E-state index contributed by atoms with van der Waals surface area (Å²) in [6.07, 6.45) is 51.4. The van der Waals surface area contributed by atoms with E-state index >= 15 is 0 Å². The maximum atomic E-state index is 13.1. The normalized spacial score (nSPS) is 14.4. The summed E-state index contributed by atoms with van der Waals surface area (Å²) in [4.78, 5) is 72.6. The Labute approximate surface area is 575 Å². The number of hydrogen-bond donors (Lipinski definition) is 3. The van der Waals surface area contributed by atoms with Crippen molar-refractivity contribution in [3.8, 4) is 0 Å². The molecular weight excluding hydrogens is 1230 g/mol. The van der Waals surface area contributed by atoms with Gasteiger partial charge in [-0.3, -0.25) is 37.3 Å². The summed E-state index contributed by atoms with van der Waals surface area (Å²) in [5.41, 5.74) is 0. The summed E-state index contributed by atoms with van der Waals surface area (Å²) in [5.74, 6) is 0.260. The molecule has 0 amide bonds. The minimum Gasteiger partial charge on any atom is -0.462 e. The van der Waals surface area contributed by atoms with Gasteiger partial charge in [-0.1, -0.05) is 331 Å². The Morgan fingerprint density at radius 3 is 0.809 bits per heavy atom. The first-order chi connectivity index (χ1) is 45.3. The number of carbonyl (C=O) groups excluding carboxylic acids is 4. The van der Waals surface area contributed by atoms with Crippen molar-refractivity contribution in [2.24, 2.45) is 17.8 Å². The van der Waals surface area contributed by atoms with Crippen molar-refractivity contribution in [1.82, 2.24) is 0 Å². The van der Waals surface area contributed by atoms with Gasteiger partial charge in [-0.15, -0.1) is 0 Å². The van der Waals surface area contributed by atoms with Crippen molar-refractivity contribution >= 4 is 39.5 Å². The van der Waals surface area contributed by atoms with Crippen LogP contribution in [0.15, 0.2) is 0 Å². The van der Waals surface area contributed by atoms with Crippen LogP contribution in [0.3, 0.4) is 0 Å². The number of carbonyl (C=O) groups is 4. The maximum absolute atomic E-state index is 13.1. The third-order valence-corrected chi connectivity index (χ3v) is 19.6. The molecule has 0 aromatic carbocycles. The fourth-order valence-electron chi connectivity index (χ4n) is 11.4. The lowest BCUT2D eigenvalue weighted by Crippen LogP contribution is -2.30. The Morgan fingerprint density at radius 1 is 0.309 bits per heavy atom. The van der Waals surface area contributed by atoms with E-state index in [4.69, 9.17) is 37.0 Å². The van der Waals surface area contributed by atoms with E-state index in [-0.39, 0.29) is 25.7 Å². The lowest BCUT2D eigenvalue weighted by atomic mass is 9.99. The van der Waals surface area contributed by atoms with Gasteiger partial charge in [-0.05, 0) is 43.4 Å². The molecule has 0 spiro atoms. The Morgan fingerprint density at radius 2 is 0.543 bits per heavy atom. The van der Waals surface area contributed by atoms with Crippen LogP contribution in [-0.2, 0) is 65.4 Å². The molecule has 0 aliphatic rings. The van der Waals surface area contributed by atoms with Gasteiger partial charge >= 0.3 is 39.5 Å². The molecule has 0 aromatic rings. The van der Waals surface area contributed by atoms with E-state index < -0.39 is 97.5 Å². The molecule has 0 fully saturated rings. The van der Waals surface area contributed by atoms with Crippen LogP contribution < -0.4 is 0 Å². The Hall–Kier alpha value is -1.94. The minimum absolute atomic E-state index is 0.106. The van der Waals surface area contributed by atoms with E-state index in [1.807, 2.05) is 0 Å². The predicted molar refractivity (Wildman–Crippen MR) is 381 cm³/mol. The quantitative estimate of drug-likeness (QED) is 0.0222. The fourth-order valence-corrected chi connectivity index (χ4v) is 13.0. The summed E-state index contributed by atoms with van der Waals surface area (Å²) < 4.78 is 68.4. The molecule has 94 heavy (non-hydrogen) atoms. The first kappa shape index (κ1) is 92.1. The van der Waals surface area contributed by atoms with E-state index in [9.17, 15) is 43.2 Å². The summed E-state index contributed by atoms with van der Waals surface area (Å²) in [7, 11) is -9.91. The average molecular weight is 1380 g/mol. The Kier molecular flexibility index (Phi) is 64.3. The number of aliphatic hydroxyl groups is 1. The second-order valence-electron chi connectivity index (χ2n) is 28.2. The topological polar surface area (TPSA) is 237 Å². The summed E-state index contributed by atoms with van der Waals surface area (Å²) in [5, 5.41) is 10.6. The van der Waals surface area contributed by atoms with Crippen molar-refractivity contribution in [1.29, 1.82) is 0 Å². The van der Waals surface area contributed by atoms with Gasteiger partial charge < -0.3 is 33.8 Å². The number of hydrogen-bond acceptors (Lipinski definition) is 15. The SMILES string of the molecule is CCCCCCCCCC(=O)OC[C@H](COP(=O)(O)OC[C@H](O)COP(=O)(O)OC[C@@H](COC(=O)CCCCCCCCCCCCCC(C)C)OC(=O)CCCCCCCCCCCCCCCCCCC(C)C)OC(=O)CCCCCCCCCCCCC(C)CC. The van der Waals surface area contributed by atoms with Gasteiger partial charge in [0.1, 0.15) is 19.3 Å². The largest absolute Gasteiger partial charge is 0.472 e. The monoisotopic (exact) mass is 1380 g/mol. The maximum Gasteiger partial charge on any atom is 0.472 e. The minimum atomic E-state index is -4.96.